The van der Waals surface area contributed by atoms with Crippen LogP contribution < -0.4 is 19.7 Å². The van der Waals surface area contributed by atoms with E-state index < -0.39 is 17.8 Å². The van der Waals surface area contributed by atoms with Gasteiger partial charge in [0.25, 0.3) is 11.8 Å². The van der Waals surface area contributed by atoms with Crippen molar-refractivity contribution in [2.45, 2.75) is 6.92 Å². The van der Waals surface area contributed by atoms with Crippen molar-refractivity contribution in [1.29, 1.82) is 0 Å². The SMILES string of the molecule is COc1ccc(OC(=O)c2ccc(NC3=C(Cl)C(=O)N(c4ccc(C)c(Cl)c4)C3=O)cc2)cc1. The normalized spacial score (nSPS) is 13.4. The Morgan fingerprint density at radius 2 is 1.53 bits per heavy atom. The first kappa shape index (κ1) is 23.4. The molecule has 0 radical (unpaired) electrons. The summed E-state index contributed by atoms with van der Waals surface area (Å²) < 4.78 is 10.4. The standard InChI is InChI=1S/C25H18Cl2N2O5/c1-14-3-8-17(13-20(14)26)29-23(30)21(27)22(24(29)31)28-16-6-4-15(5-7-16)25(32)34-19-11-9-18(33-2)10-12-19/h3-13,28H,1-2H3. The molecule has 0 spiro atoms. The summed E-state index contributed by atoms with van der Waals surface area (Å²) in [7, 11) is 1.55. The van der Waals surface area contributed by atoms with Crippen molar-refractivity contribution in [3.8, 4) is 11.5 Å². The molecule has 0 atom stereocenters. The van der Waals surface area contributed by atoms with E-state index in [1.165, 1.54) is 18.2 Å². The van der Waals surface area contributed by atoms with Crippen LogP contribution in [0.4, 0.5) is 11.4 Å². The van der Waals surface area contributed by atoms with Crippen LogP contribution >= 0.6 is 23.2 Å². The zero-order valence-corrected chi connectivity index (χ0v) is 19.6. The molecule has 0 aromatic heterocycles. The summed E-state index contributed by atoms with van der Waals surface area (Å²) in [6, 6.07) is 17.7. The van der Waals surface area contributed by atoms with E-state index in [2.05, 4.69) is 5.32 Å². The third-order valence-corrected chi connectivity index (χ3v) is 5.86. The van der Waals surface area contributed by atoms with Crippen LogP contribution in [0.5, 0.6) is 11.5 Å². The monoisotopic (exact) mass is 496 g/mol. The number of methoxy groups -OCH3 is 1. The molecule has 0 bridgehead atoms. The number of amides is 2. The van der Waals surface area contributed by atoms with Crippen LogP contribution in [0, 0.1) is 6.92 Å². The minimum absolute atomic E-state index is 0.0723. The predicted molar refractivity (Wildman–Crippen MR) is 130 cm³/mol. The summed E-state index contributed by atoms with van der Waals surface area (Å²) in [6.07, 6.45) is 0. The number of benzene rings is 3. The van der Waals surface area contributed by atoms with Gasteiger partial charge in [0.05, 0.1) is 18.4 Å². The van der Waals surface area contributed by atoms with E-state index in [1.807, 2.05) is 6.92 Å². The van der Waals surface area contributed by atoms with Crippen molar-refractivity contribution in [2.75, 3.05) is 17.3 Å². The first-order valence-corrected chi connectivity index (χ1v) is 10.8. The van der Waals surface area contributed by atoms with Crippen LogP contribution in [0.3, 0.4) is 0 Å². The molecule has 1 aliphatic heterocycles. The van der Waals surface area contributed by atoms with Gasteiger partial charge in [-0.05, 0) is 73.2 Å². The maximum absolute atomic E-state index is 12.9. The van der Waals surface area contributed by atoms with Gasteiger partial charge in [0, 0.05) is 10.7 Å². The molecular formula is C25H18Cl2N2O5. The number of nitrogens with one attached hydrogen (secondary N) is 1. The quantitative estimate of drug-likeness (QED) is 0.282. The number of nitrogens with zero attached hydrogens (tertiary/aromatic N) is 1. The molecule has 7 nitrogen and oxygen atoms in total. The number of carbonyl (C=O) groups is 3. The Balaban J connectivity index is 1.47. The van der Waals surface area contributed by atoms with E-state index in [4.69, 9.17) is 32.7 Å². The molecule has 3 aromatic rings. The highest BCUT2D eigenvalue weighted by molar-refractivity contribution is 6.53. The average molecular weight is 497 g/mol. The zero-order valence-electron chi connectivity index (χ0n) is 18.1. The molecule has 3 aromatic carbocycles. The van der Waals surface area contributed by atoms with Gasteiger partial charge in [0.15, 0.2) is 0 Å². The second-order valence-electron chi connectivity index (χ2n) is 7.34. The fourth-order valence-corrected chi connectivity index (χ4v) is 3.60. The van der Waals surface area contributed by atoms with Crippen LogP contribution in [0.1, 0.15) is 15.9 Å². The average Bonchev–Trinajstić information content (AvgIpc) is 3.05. The van der Waals surface area contributed by atoms with Gasteiger partial charge in [0.2, 0.25) is 0 Å². The molecule has 0 aliphatic carbocycles. The summed E-state index contributed by atoms with van der Waals surface area (Å²) >= 11 is 12.3. The second-order valence-corrected chi connectivity index (χ2v) is 8.12. The molecule has 1 heterocycles. The van der Waals surface area contributed by atoms with Crippen molar-refractivity contribution in [2.24, 2.45) is 0 Å². The van der Waals surface area contributed by atoms with E-state index in [-0.39, 0.29) is 10.7 Å². The Bertz CT molecular complexity index is 1320. The predicted octanol–water partition coefficient (Wildman–Crippen LogP) is 5.31. The Morgan fingerprint density at radius 3 is 2.15 bits per heavy atom. The number of anilines is 2. The number of carbonyl (C=O) groups excluding carboxylic acids is 3. The number of esters is 1. The minimum Gasteiger partial charge on any atom is -0.497 e. The number of ether oxygens (including phenoxy) is 2. The third kappa shape index (κ3) is 4.62. The number of hydrogen-bond donors (Lipinski definition) is 1. The zero-order chi connectivity index (χ0) is 24.4. The van der Waals surface area contributed by atoms with E-state index >= 15 is 0 Å². The molecule has 172 valence electrons. The highest BCUT2D eigenvalue weighted by atomic mass is 35.5. The van der Waals surface area contributed by atoms with Gasteiger partial charge < -0.3 is 14.8 Å². The van der Waals surface area contributed by atoms with E-state index in [1.54, 1.807) is 55.6 Å². The molecule has 9 heteroatoms. The van der Waals surface area contributed by atoms with Gasteiger partial charge in [-0.2, -0.15) is 0 Å². The lowest BCUT2D eigenvalue weighted by Gasteiger charge is -2.16. The van der Waals surface area contributed by atoms with Crippen molar-refractivity contribution in [3.05, 3.63) is 93.6 Å². The van der Waals surface area contributed by atoms with Gasteiger partial charge in [-0.15, -0.1) is 0 Å². The maximum Gasteiger partial charge on any atom is 0.343 e. The Kier molecular flexibility index (Phi) is 6.58. The molecule has 1 aliphatic rings. The third-order valence-electron chi connectivity index (χ3n) is 5.10. The van der Waals surface area contributed by atoms with Crippen LogP contribution in [-0.2, 0) is 9.59 Å². The van der Waals surface area contributed by atoms with Crippen molar-refractivity contribution >= 4 is 52.4 Å². The van der Waals surface area contributed by atoms with Gasteiger partial charge in [-0.3, -0.25) is 9.59 Å². The fraction of sp³-hybridized carbons (Fsp3) is 0.0800. The van der Waals surface area contributed by atoms with Crippen LogP contribution in [0.15, 0.2) is 77.5 Å². The lowest BCUT2D eigenvalue weighted by Crippen LogP contribution is -2.32. The number of rotatable bonds is 6. The van der Waals surface area contributed by atoms with E-state index in [0.29, 0.717) is 33.5 Å². The fourth-order valence-electron chi connectivity index (χ4n) is 3.21. The molecule has 4 rings (SSSR count). The van der Waals surface area contributed by atoms with Gasteiger partial charge >= 0.3 is 5.97 Å². The largest absolute Gasteiger partial charge is 0.497 e. The summed E-state index contributed by atoms with van der Waals surface area (Å²) in [6.45, 7) is 1.81. The van der Waals surface area contributed by atoms with Crippen molar-refractivity contribution in [1.82, 2.24) is 0 Å². The Hall–Kier alpha value is -3.81. The molecule has 0 saturated heterocycles. The number of imide groups is 1. The minimum atomic E-state index is -0.659. The summed E-state index contributed by atoms with van der Waals surface area (Å²) in [5, 5.41) is 3.04. The lowest BCUT2D eigenvalue weighted by atomic mass is 10.2. The van der Waals surface area contributed by atoms with Crippen molar-refractivity contribution in [3.63, 3.8) is 0 Å². The molecule has 34 heavy (non-hydrogen) atoms. The van der Waals surface area contributed by atoms with Gasteiger partial charge in [0.1, 0.15) is 22.2 Å². The summed E-state index contributed by atoms with van der Waals surface area (Å²) in [4.78, 5) is 38.9. The summed E-state index contributed by atoms with van der Waals surface area (Å²) in [5.74, 6) is -0.807. The number of aryl methyl sites for hydroxylation is 1. The highest BCUT2D eigenvalue weighted by Gasteiger charge is 2.39. The van der Waals surface area contributed by atoms with Crippen LogP contribution in [0.25, 0.3) is 0 Å². The van der Waals surface area contributed by atoms with E-state index in [0.717, 1.165) is 10.5 Å². The number of hydrogen-bond acceptors (Lipinski definition) is 6. The molecule has 0 unspecified atom stereocenters. The number of halogens is 2. The highest BCUT2D eigenvalue weighted by Crippen LogP contribution is 2.32. The molecule has 0 saturated carbocycles. The Morgan fingerprint density at radius 1 is 0.882 bits per heavy atom. The smallest absolute Gasteiger partial charge is 0.343 e. The van der Waals surface area contributed by atoms with E-state index in [9.17, 15) is 14.4 Å². The molecule has 2 amide bonds. The van der Waals surface area contributed by atoms with Crippen molar-refractivity contribution < 1.29 is 23.9 Å². The summed E-state index contributed by atoms with van der Waals surface area (Å²) in [5.41, 5.74) is 1.81. The van der Waals surface area contributed by atoms with Gasteiger partial charge in [-0.25, -0.2) is 9.69 Å². The first-order valence-electron chi connectivity index (χ1n) is 10.1. The Labute approximate surface area is 205 Å². The first-order chi connectivity index (χ1) is 16.3. The lowest BCUT2D eigenvalue weighted by molar-refractivity contribution is -0.120. The molecule has 1 N–H and O–H groups in total. The van der Waals surface area contributed by atoms with Crippen LogP contribution in [0.2, 0.25) is 5.02 Å². The maximum atomic E-state index is 12.9. The van der Waals surface area contributed by atoms with Crippen LogP contribution in [-0.4, -0.2) is 24.9 Å². The van der Waals surface area contributed by atoms with Gasteiger partial charge in [-0.1, -0.05) is 29.3 Å². The topological polar surface area (TPSA) is 84.9 Å². The molecular weight excluding hydrogens is 479 g/mol. The second kappa shape index (κ2) is 9.59. The molecule has 0 fully saturated rings.